The lowest BCUT2D eigenvalue weighted by atomic mass is 9.93. The lowest BCUT2D eigenvalue weighted by molar-refractivity contribution is -0.139. The Balaban J connectivity index is 2.00. The fraction of sp³-hybridized carbons (Fsp3) is 0.182. The number of nitrogens with one attached hydrogen (secondary N) is 3. The molecule has 1 heterocycles. The predicted octanol–water partition coefficient (Wildman–Crippen LogP) is 4.28. The zero-order valence-electron chi connectivity index (χ0n) is 16.7. The number of halogens is 3. The Morgan fingerprint density at radius 3 is 2.50 bits per heavy atom. The number of carboxylic acids is 1. The molecule has 166 valence electrons. The van der Waals surface area contributed by atoms with E-state index >= 15 is 0 Å². The minimum atomic E-state index is -4.90. The highest BCUT2D eigenvalue weighted by molar-refractivity contribution is 6.10. The standard InChI is InChI=1S/C22H18F3N3O4/c1-2-12(21(31)32)18(26)11-7-8-17(15(9-11)22(23,24)25)28-20(30)14-10-27-16-6-4-3-5-13(16)19(14)29/h3-10,12,26H,2H2,1H3,(H,27,29)(H,28,30)(H,31,32)/t12-/m1/s1. The van der Waals surface area contributed by atoms with Crippen molar-refractivity contribution in [2.24, 2.45) is 5.92 Å². The second-order valence-electron chi connectivity index (χ2n) is 7.00. The smallest absolute Gasteiger partial charge is 0.418 e. The molecule has 1 aromatic heterocycles. The van der Waals surface area contributed by atoms with E-state index in [1.807, 2.05) is 0 Å². The third kappa shape index (κ3) is 4.39. The van der Waals surface area contributed by atoms with Crippen molar-refractivity contribution >= 4 is 34.2 Å². The third-order valence-electron chi connectivity index (χ3n) is 4.97. The van der Waals surface area contributed by atoms with Gasteiger partial charge in [-0.25, -0.2) is 0 Å². The number of anilines is 1. The summed E-state index contributed by atoms with van der Waals surface area (Å²) in [7, 11) is 0. The largest absolute Gasteiger partial charge is 0.481 e. The molecule has 0 saturated heterocycles. The van der Waals surface area contributed by atoms with E-state index < -0.39 is 46.4 Å². The maximum absolute atomic E-state index is 13.7. The van der Waals surface area contributed by atoms with Gasteiger partial charge < -0.3 is 20.8 Å². The Bertz CT molecular complexity index is 1280. The van der Waals surface area contributed by atoms with Gasteiger partial charge in [-0.2, -0.15) is 13.2 Å². The van der Waals surface area contributed by atoms with Crippen LogP contribution in [0, 0.1) is 11.3 Å². The summed E-state index contributed by atoms with van der Waals surface area (Å²) < 4.78 is 41.0. The summed E-state index contributed by atoms with van der Waals surface area (Å²) in [5.74, 6) is -3.63. The summed E-state index contributed by atoms with van der Waals surface area (Å²) >= 11 is 0. The van der Waals surface area contributed by atoms with Crippen LogP contribution in [0.5, 0.6) is 0 Å². The van der Waals surface area contributed by atoms with Gasteiger partial charge in [0.25, 0.3) is 5.91 Å². The van der Waals surface area contributed by atoms with Gasteiger partial charge in [0.1, 0.15) is 5.56 Å². The fourth-order valence-corrected chi connectivity index (χ4v) is 3.28. The Morgan fingerprint density at radius 2 is 1.88 bits per heavy atom. The van der Waals surface area contributed by atoms with E-state index in [1.165, 1.54) is 13.0 Å². The average Bonchev–Trinajstić information content (AvgIpc) is 2.73. The van der Waals surface area contributed by atoms with Gasteiger partial charge in [0.2, 0.25) is 5.43 Å². The number of carboxylic acid groups (broad SMARTS) is 1. The Kier molecular flexibility index (Phi) is 6.15. The van der Waals surface area contributed by atoms with E-state index in [4.69, 9.17) is 5.41 Å². The maximum atomic E-state index is 13.7. The maximum Gasteiger partial charge on any atom is 0.418 e. The lowest BCUT2D eigenvalue weighted by Crippen LogP contribution is -2.25. The molecule has 7 nitrogen and oxygen atoms in total. The van der Waals surface area contributed by atoms with Crippen LogP contribution < -0.4 is 10.7 Å². The molecule has 3 rings (SSSR count). The summed E-state index contributed by atoms with van der Waals surface area (Å²) in [5, 5.41) is 19.5. The molecule has 0 spiro atoms. The Morgan fingerprint density at radius 1 is 1.19 bits per heavy atom. The molecule has 1 amide bonds. The van der Waals surface area contributed by atoms with Gasteiger partial charge in [-0.15, -0.1) is 0 Å². The van der Waals surface area contributed by atoms with Gasteiger partial charge in [0.05, 0.1) is 22.9 Å². The minimum absolute atomic E-state index is 0.0265. The summed E-state index contributed by atoms with van der Waals surface area (Å²) in [6.45, 7) is 1.51. The molecule has 0 aliphatic carbocycles. The van der Waals surface area contributed by atoms with Crippen LogP contribution in [0.1, 0.15) is 34.8 Å². The molecular weight excluding hydrogens is 427 g/mol. The van der Waals surface area contributed by atoms with Crippen molar-refractivity contribution in [2.45, 2.75) is 19.5 Å². The molecule has 1 atom stereocenters. The number of para-hydroxylation sites is 1. The number of hydrogen-bond acceptors (Lipinski definition) is 4. The van der Waals surface area contributed by atoms with Crippen LogP contribution in [0.25, 0.3) is 10.9 Å². The first kappa shape index (κ1) is 22.7. The van der Waals surface area contributed by atoms with Crippen LogP contribution in [0.4, 0.5) is 18.9 Å². The molecule has 0 bridgehead atoms. The van der Waals surface area contributed by atoms with E-state index in [0.29, 0.717) is 11.6 Å². The Labute approximate surface area is 179 Å². The third-order valence-corrected chi connectivity index (χ3v) is 4.97. The fourth-order valence-electron chi connectivity index (χ4n) is 3.28. The number of aliphatic carboxylic acids is 1. The number of aromatic nitrogens is 1. The summed E-state index contributed by atoms with van der Waals surface area (Å²) in [6.07, 6.45) is -3.76. The van der Waals surface area contributed by atoms with Crippen molar-refractivity contribution in [3.05, 3.63) is 75.6 Å². The molecule has 0 aliphatic heterocycles. The van der Waals surface area contributed by atoms with E-state index in [-0.39, 0.29) is 22.9 Å². The van der Waals surface area contributed by atoms with Crippen molar-refractivity contribution < 1.29 is 27.9 Å². The number of hydrogen-bond donors (Lipinski definition) is 4. The van der Waals surface area contributed by atoms with E-state index in [9.17, 15) is 32.7 Å². The van der Waals surface area contributed by atoms with E-state index in [2.05, 4.69) is 10.3 Å². The van der Waals surface area contributed by atoms with Crippen molar-refractivity contribution in [3.8, 4) is 0 Å². The highest BCUT2D eigenvalue weighted by atomic mass is 19.4. The van der Waals surface area contributed by atoms with Crippen LogP contribution in [0.15, 0.2) is 53.5 Å². The number of carbonyl (C=O) groups is 2. The average molecular weight is 445 g/mol. The monoisotopic (exact) mass is 445 g/mol. The lowest BCUT2D eigenvalue weighted by Gasteiger charge is -2.17. The number of amides is 1. The van der Waals surface area contributed by atoms with Crippen LogP contribution in [-0.4, -0.2) is 27.7 Å². The molecule has 0 radical (unpaired) electrons. The van der Waals surface area contributed by atoms with Gasteiger partial charge in [-0.1, -0.05) is 25.1 Å². The SMILES string of the molecule is CC[C@H](C(=N)c1ccc(NC(=O)c2c[nH]c3ccccc3c2=O)c(C(F)(F)F)c1)C(=O)O. The highest BCUT2D eigenvalue weighted by Crippen LogP contribution is 2.36. The predicted molar refractivity (Wildman–Crippen MR) is 112 cm³/mol. The topological polar surface area (TPSA) is 123 Å². The number of alkyl halides is 3. The number of rotatable bonds is 6. The first-order valence-corrected chi connectivity index (χ1v) is 9.49. The second kappa shape index (κ2) is 8.66. The number of fused-ring (bicyclic) bond motifs is 1. The van der Waals surface area contributed by atoms with E-state index in [0.717, 1.165) is 18.3 Å². The van der Waals surface area contributed by atoms with Crippen molar-refractivity contribution in [2.75, 3.05) is 5.32 Å². The summed E-state index contributed by atoms with van der Waals surface area (Å²) in [5.41, 5.74) is -3.12. The zero-order valence-corrected chi connectivity index (χ0v) is 16.7. The van der Waals surface area contributed by atoms with Gasteiger partial charge in [-0.3, -0.25) is 14.4 Å². The van der Waals surface area contributed by atoms with Crippen LogP contribution in [0.2, 0.25) is 0 Å². The number of pyridine rings is 1. The number of benzene rings is 2. The van der Waals surface area contributed by atoms with E-state index in [1.54, 1.807) is 18.2 Å². The molecular formula is C22H18F3N3O4. The van der Waals surface area contributed by atoms with Crippen LogP contribution in [0.3, 0.4) is 0 Å². The zero-order chi connectivity index (χ0) is 23.6. The normalized spacial score (nSPS) is 12.4. The molecule has 0 aliphatic rings. The summed E-state index contributed by atoms with van der Waals surface area (Å²) in [4.78, 5) is 39.2. The highest BCUT2D eigenvalue weighted by Gasteiger charge is 2.35. The van der Waals surface area contributed by atoms with Crippen LogP contribution >= 0.6 is 0 Å². The molecule has 2 aromatic carbocycles. The molecule has 0 unspecified atom stereocenters. The van der Waals surface area contributed by atoms with Crippen molar-refractivity contribution in [1.82, 2.24) is 4.98 Å². The first-order valence-electron chi connectivity index (χ1n) is 9.49. The molecule has 3 aromatic rings. The quantitative estimate of drug-likeness (QED) is 0.423. The molecule has 4 N–H and O–H groups in total. The van der Waals surface area contributed by atoms with Gasteiger partial charge in [-0.05, 0) is 36.2 Å². The van der Waals surface area contributed by atoms with Crippen LogP contribution in [-0.2, 0) is 11.0 Å². The second-order valence-corrected chi connectivity index (χ2v) is 7.00. The molecule has 0 saturated carbocycles. The Hall–Kier alpha value is -3.95. The van der Waals surface area contributed by atoms with Crippen molar-refractivity contribution in [1.29, 1.82) is 5.41 Å². The van der Waals surface area contributed by atoms with Gasteiger partial charge >= 0.3 is 12.1 Å². The van der Waals surface area contributed by atoms with Gasteiger partial charge in [0, 0.05) is 17.1 Å². The number of carbonyl (C=O) groups excluding carboxylic acids is 1. The summed E-state index contributed by atoms with van der Waals surface area (Å²) in [6, 6.07) is 9.06. The number of aromatic amines is 1. The molecule has 0 fully saturated rings. The molecule has 10 heteroatoms. The van der Waals surface area contributed by atoms with Gasteiger partial charge in [0.15, 0.2) is 0 Å². The first-order chi connectivity index (χ1) is 15.0. The molecule has 32 heavy (non-hydrogen) atoms. The number of H-pyrrole nitrogens is 1. The minimum Gasteiger partial charge on any atom is -0.481 e. The van der Waals surface area contributed by atoms with Crippen molar-refractivity contribution in [3.63, 3.8) is 0 Å².